The number of hydrogen-bond donors (Lipinski definition) is 0. The minimum Gasteiger partial charge on any atom is -0.340 e. The van der Waals surface area contributed by atoms with E-state index in [-0.39, 0.29) is 11.7 Å². The lowest BCUT2D eigenvalue weighted by molar-refractivity contribution is -0.132. The lowest BCUT2D eigenvalue weighted by atomic mass is 10.1. The molecule has 1 aliphatic rings. The summed E-state index contributed by atoms with van der Waals surface area (Å²) >= 11 is 0. The zero-order chi connectivity index (χ0) is 16.1. The van der Waals surface area contributed by atoms with E-state index in [1.165, 1.54) is 6.07 Å². The number of piperazine rings is 1. The topological polar surface area (TPSA) is 23.6 Å². The molecule has 2 aromatic rings. The lowest BCUT2D eigenvalue weighted by Gasteiger charge is -2.35. The molecule has 0 aliphatic carbocycles. The van der Waals surface area contributed by atoms with E-state index < -0.39 is 0 Å². The number of carbonyl (C=O) groups is 1. The SMILES string of the molecule is O=C(Cc1ccccc1)N1CCN(Cc2ccccc2F)CC1. The van der Waals surface area contributed by atoms with Gasteiger partial charge in [0.05, 0.1) is 6.42 Å². The minimum absolute atomic E-state index is 0.157. The van der Waals surface area contributed by atoms with E-state index in [2.05, 4.69) is 4.90 Å². The molecule has 0 atom stereocenters. The summed E-state index contributed by atoms with van der Waals surface area (Å²) in [6, 6.07) is 16.7. The maximum Gasteiger partial charge on any atom is 0.227 e. The molecular formula is C19H21FN2O. The molecule has 1 aliphatic heterocycles. The molecule has 0 bridgehead atoms. The van der Waals surface area contributed by atoms with Crippen molar-refractivity contribution in [3.05, 3.63) is 71.5 Å². The third-order valence-electron chi connectivity index (χ3n) is 4.27. The van der Waals surface area contributed by atoms with Gasteiger partial charge in [0.2, 0.25) is 5.91 Å². The third kappa shape index (κ3) is 4.17. The van der Waals surface area contributed by atoms with Crippen molar-refractivity contribution in [2.24, 2.45) is 0 Å². The molecule has 0 aromatic heterocycles. The average molecular weight is 312 g/mol. The van der Waals surface area contributed by atoms with Gasteiger partial charge in [0, 0.05) is 38.3 Å². The Labute approximate surface area is 136 Å². The van der Waals surface area contributed by atoms with Crippen LogP contribution in [0.2, 0.25) is 0 Å². The van der Waals surface area contributed by atoms with Crippen molar-refractivity contribution in [1.82, 2.24) is 9.80 Å². The second-order valence-electron chi connectivity index (χ2n) is 5.91. The Kier molecular flexibility index (Phi) is 5.03. The number of hydrogen-bond acceptors (Lipinski definition) is 2. The van der Waals surface area contributed by atoms with Crippen LogP contribution in [0.1, 0.15) is 11.1 Å². The molecule has 4 heteroatoms. The van der Waals surface area contributed by atoms with Gasteiger partial charge in [-0.3, -0.25) is 9.69 Å². The first-order valence-electron chi connectivity index (χ1n) is 8.00. The van der Waals surface area contributed by atoms with Crippen LogP contribution in [-0.4, -0.2) is 41.9 Å². The van der Waals surface area contributed by atoms with Crippen molar-refractivity contribution in [2.75, 3.05) is 26.2 Å². The highest BCUT2D eigenvalue weighted by Gasteiger charge is 2.21. The summed E-state index contributed by atoms with van der Waals surface area (Å²) in [5, 5.41) is 0. The molecule has 0 unspecified atom stereocenters. The van der Waals surface area contributed by atoms with E-state index in [1.807, 2.05) is 47.4 Å². The van der Waals surface area contributed by atoms with Crippen molar-refractivity contribution in [2.45, 2.75) is 13.0 Å². The fourth-order valence-corrected chi connectivity index (χ4v) is 2.91. The summed E-state index contributed by atoms with van der Waals surface area (Å²) in [7, 11) is 0. The number of nitrogens with zero attached hydrogens (tertiary/aromatic N) is 2. The van der Waals surface area contributed by atoms with Crippen LogP contribution in [0.15, 0.2) is 54.6 Å². The quantitative estimate of drug-likeness (QED) is 0.866. The molecule has 1 amide bonds. The molecule has 2 aromatic carbocycles. The molecule has 1 heterocycles. The van der Waals surface area contributed by atoms with Gasteiger partial charge < -0.3 is 4.90 Å². The molecule has 0 N–H and O–H groups in total. The highest BCUT2D eigenvalue weighted by atomic mass is 19.1. The van der Waals surface area contributed by atoms with Gasteiger partial charge in [0.25, 0.3) is 0 Å². The molecule has 0 spiro atoms. The smallest absolute Gasteiger partial charge is 0.227 e. The number of amides is 1. The Bertz CT molecular complexity index is 651. The molecule has 23 heavy (non-hydrogen) atoms. The maximum atomic E-state index is 13.7. The van der Waals surface area contributed by atoms with Crippen LogP contribution in [0, 0.1) is 5.82 Å². The molecule has 0 radical (unpaired) electrons. The van der Waals surface area contributed by atoms with Crippen molar-refractivity contribution < 1.29 is 9.18 Å². The molecule has 1 saturated heterocycles. The Morgan fingerprint density at radius 1 is 0.913 bits per heavy atom. The average Bonchev–Trinajstić information content (AvgIpc) is 2.58. The van der Waals surface area contributed by atoms with E-state index in [9.17, 15) is 9.18 Å². The highest BCUT2D eigenvalue weighted by Crippen LogP contribution is 2.13. The Hall–Kier alpha value is -2.20. The van der Waals surface area contributed by atoms with Crippen molar-refractivity contribution >= 4 is 5.91 Å². The van der Waals surface area contributed by atoms with Gasteiger partial charge in [0.15, 0.2) is 0 Å². The summed E-state index contributed by atoms with van der Waals surface area (Å²) in [5.41, 5.74) is 1.77. The second kappa shape index (κ2) is 7.38. The summed E-state index contributed by atoms with van der Waals surface area (Å²) in [6.07, 6.45) is 0.453. The van der Waals surface area contributed by atoms with Crippen LogP contribution >= 0.6 is 0 Å². The zero-order valence-corrected chi connectivity index (χ0v) is 13.1. The number of rotatable bonds is 4. The van der Waals surface area contributed by atoms with Crippen molar-refractivity contribution in [3.8, 4) is 0 Å². The third-order valence-corrected chi connectivity index (χ3v) is 4.27. The van der Waals surface area contributed by atoms with E-state index in [4.69, 9.17) is 0 Å². The first kappa shape index (κ1) is 15.7. The number of benzene rings is 2. The standard InChI is InChI=1S/C19H21FN2O/c20-18-9-5-4-8-17(18)15-21-10-12-22(13-11-21)19(23)14-16-6-2-1-3-7-16/h1-9H,10-15H2. The molecular weight excluding hydrogens is 291 g/mol. The lowest BCUT2D eigenvalue weighted by Crippen LogP contribution is -2.48. The van der Waals surface area contributed by atoms with Gasteiger partial charge in [-0.25, -0.2) is 4.39 Å². The van der Waals surface area contributed by atoms with Crippen LogP contribution in [0.4, 0.5) is 4.39 Å². The molecule has 1 fully saturated rings. The van der Waals surface area contributed by atoms with E-state index in [1.54, 1.807) is 6.07 Å². The molecule has 120 valence electrons. The number of carbonyl (C=O) groups excluding carboxylic acids is 1. The fourth-order valence-electron chi connectivity index (χ4n) is 2.91. The van der Waals surface area contributed by atoms with Gasteiger partial charge in [-0.15, -0.1) is 0 Å². The second-order valence-corrected chi connectivity index (χ2v) is 5.91. The van der Waals surface area contributed by atoms with Gasteiger partial charge in [-0.1, -0.05) is 48.5 Å². The highest BCUT2D eigenvalue weighted by molar-refractivity contribution is 5.78. The van der Waals surface area contributed by atoms with E-state index >= 15 is 0 Å². The normalized spacial score (nSPS) is 15.6. The minimum atomic E-state index is -0.157. The monoisotopic (exact) mass is 312 g/mol. The summed E-state index contributed by atoms with van der Waals surface area (Å²) < 4.78 is 13.7. The molecule has 3 nitrogen and oxygen atoms in total. The van der Waals surface area contributed by atoms with Crippen LogP contribution in [0.25, 0.3) is 0 Å². The predicted molar refractivity (Wildman–Crippen MR) is 88.4 cm³/mol. The van der Waals surface area contributed by atoms with Crippen molar-refractivity contribution in [1.29, 1.82) is 0 Å². The number of halogens is 1. The Morgan fingerprint density at radius 2 is 1.57 bits per heavy atom. The van der Waals surface area contributed by atoms with Gasteiger partial charge in [-0.05, 0) is 11.6 Å². The Balaban J connectivity index is 1.50. The fraction of sp³-hybridized carbons (Fsp3) is 0.316. The maximum absolute atomic E-state index is 13.7. The summed E-state index contributed by atoms with van der Waals surface area (Å²) in [6.45, 7) is 3.59. The van der Waals surface area contributed by atoms with Gasteiger partial charge >= 0.3 is 0 Å². The zero-order valence-electron chi connectivity index (χ0n) is 13.1. The Morgan fingerprint density at radius 3 is 2.26 bits per heavy atom. The first-order valence-corrected chi connectivity index (χ1v) is 8.00. The van der Waals surface area contributed by atoms with Crippen molar-refractivity contribution in [3.63, 3.8) is 0 Å². The molecule has 3 rings (SSSR count). The molecule has 0 saturated carbocycles. The predicted octanol–water partition coefficient (Wildman–Crippen LogP) is 2.71. The van der Waals surface area contributed by atoms with Crippen LogP contribution in [0.5, 0.6) is 0 Å². The first-order chi connectivity index (χ1) is 11.2. The van der Waals surface area contributed by atoms with Crippen LogP contribution < -0.4 is 0 Å². The van der Waals surface area contributed by atoms with E-state index in [0.717, 1.165) is 24.2 Å². The van der Waals surface area contributed by atoms with Gasteiger partial charge in [-0.2, -0.15) is 0 Å². The van der Waals surface area contributed by atoms with Crippen LogP contribution in [0.3, 0.4) is 0 Å². The van der Waals surface area contributed by atoms with Gasteiger partial charge in [0.1, 0.15) is 5.82 Å². The summed E-state index contributed by atoms with van der Waals surface area (Å²) in [5.74, 6) is 0.0109. The largest absolute Gasteiger partial charge is 0.340 e. The van der Waals surface area contributed by atoms with Crippen LogP contribution in [-0.2, 0) is 17.8 Å². The van der Waals surface area contributed by atoms with E-state index in [0.29, 0.717) is 26.1 Å². The summed E-state index contributed by atoms with van der Waals surface area (Å²) in [4.78, 5) is 16.4.